The van der Waals surface area contributed by atoms with E-state index in [0.717, 1.165) is 6.26 Å². The third-order valence-corrected chi connectivity index (χ3v) is 3.17. The molecule has 1 rings (SSSR count). The van der Waals surface area contributed by atoms with E-state index in [9.17, 15) is 18.3 Å². The summed E-state index contributed by atoms with van der Waals surface area (Å²) >= 11 is 5.73. The second kappa shape index (κ2) is 6.74. The highest BCUT2D eigenvalue weighted by Gasteiger charge is 2.11. The zero-order valence-electron chi connectivity index (χ0n) is 10.3. The molecule has 0 heterocycles. The molecule has 0 aliphatic heterocycles. The summed E-state index contributed by atoms with van der Waals surface area (Å²) in [6.07, 6.45) is 1.51. The number of halogens is 1. The fraction of sp³-hybridized carbons (Fsp3) is 0.364. The van der Waals surface area contributed by atoms with Gasteiger partial charge in [0.05, 0.1) is 11.8 Å². The van der Waals surface area contributed by atoms with Crippen LogP contribution in [0.5, 0.6) is 5.75 Å². The second-order valence-corrected chi connectivity index (χ2v) is 6.21. The van der Waals surface area contributed by atoms with E-state index in [1.54, 1.807) is 0 Å². The van der Waals surface area contributed by atoms with Crippen LogP contribution < -0.4 is 10.0 Å². The van der Waals surface area contributed by atoms with Gasteiger partial charge in [-0.1, -0.05) is 11.6 Å². The number of benzene rings is 1. The first-order valence-corrected chi connectivity index (χ1v) is 7.78. The molecule has 0 bridgehead atoms. The van der Waals surface area contributed by atoms with E-state index < -0.39 is 15.9 Å². The summed E-state index contributed by atoms with van der Waals surface area (Å²) in [6.45, 7) is 0.522. The molecule has 0 radical (unpaired) electrons. The number of nitrogens with one attached hydrogen (secondary N) is 2. The number of phenolic OH excluding ortho intramolecular Hbond substituents is 1. The predicted molar refractivity (Wildman–Crippen MR) is 72.9 cm³/mol. The largest absolute Gasteiger partial charge is 0.507 e. The SMILES string of the molecule is CS(=O)(=O)NCCCNC(=O)c1cc(Cl)ccc1O. The zero-order valence-corrected chi connectivity index (χ0v) is 11.9. The van der Waals surface area contributed by atoms with Gasteiger partial charge in [-0.05, 0) is 24.6 Å². The Kier molecular flexibility index (Phi) is 5.59. The molecule has 0 spiro atoms. The van der Waals surface area contributed by atoms with E-state index in [-0.39, 0.29) is 24.4 Å². The molecule has 6 nitrogen and oxygen atoms in total. The Hall–Kier alpha value is -1.31. The van der Waals surface area contributed by atoms with Crippen molar-refractivity contribution in [2.75, 3.05) is 19.3 Å². The lowest BCUT2D eigenvalue weighted by Crippen LogP contribution is -2.29. The number of amides is 1. The normalized spacial score (nSPS) is 11.3. The van der Waals surface area contributed by atoms with Crippen LogP contribution in [0.3, 0.4) is 0 Å². The standard InChI is InChI=1S/C11H15ClN2O4S/c1-19(17,18)14-6-2-5-13-11(16)9-7-8(12)3-4-10(9)15/h3-4,7,14-15H,2,5-6H2,1H3,(H,13,16). The average Bonchev–Trinajstić information content (AvgIpc) is 2.30. The molecule has 19 heavy (non-hydrogen) atoms. The Balaban J connectivity index is 2.42. The first kappa shape index (κ1) is 15.7. The fourth-order valence-electron chi connectivity index (χ4n) is 1.33. The minimum absolute atomic E-state index is 0.0866. The number of aromatic hydroxyl groups is 1. The van der Waals surface area contributed by atoms with E-state index >= 15 is 0 Å². The maximum absolute atomic E-state index is 11.7. The highest BCUT2D eigenvalue weighted by atomic mass is 35.5. The number of carbonyl (C=O) groups is 1. The van der Waals surface area contributed by atoms with Gasteiger partial charge in [0, 0.05) is 18.1 Å². The van der Waals surface area contributed by atoms with Crippen molar-refractivity contribution in [2.24, 2.45) is 0 Å². The number of hydrogen-bond acceptors (Lipinski definition) is 4. The number of hydrogen-bond donors (Lipinski definition) is 3. The van der Waals surface area contributed by atoms with Crippen LogP contribution in [0.15, 0.2) is 18.2 Å². The van der Waals surface area contributed by atoms with Crippen LogP contribution in [0, 0.1) is 0 Å². The van der Waals surface area contributed by atoms with Gasteiger partial charge in [0.25, 0.3) is 5.91 Å². The summed E-state index contributed by atoms with van der Waals surface area (Å²) in [7, 11) is -3.21. The quantitative estimate of drug-likeness (QED) is 0.675. The first-order valence-electron chi connectivity index (χ1n) is 5.51. The molecule has 8 heteroatoms. The summed E-state index contributed by atoms with van der Waals surface area (Å²) in [5.41, 5.74) is 0.0866. The zero-order chi connectivity index (χ0) is 14.5. The smallest absolute Gasteiger partial charge is 0.255 e. The van der Waals surface area contributed by atoms with Gasteiger partial charge < -0.3 is 10.4 Å². The number of sulfonamides is 1. The van der Waals surface area contributed by atoms with Crippen LogP contribution >= 0.6 is 11.6 Å². The van der Waals surface area contributed by atoms with Gasteiger partial charge in [0.2, 0.25) is 10.0 Å². The Morgan fingerprint density at radius 1 is 1.37 bits per heavy atom. The van der Waals surface area contributed by atoms with Gasteiger partial charge in [0.1, 0.15) is 5.75 Å². The van der Waals surface area contributed by atoms with Gasteiger partial charge in [-0.3, -0.25) is 4.79 Å². The van der Waals surface area contributed by atoms with Gasteiger partial charge in [-0.2, -0.15) is 0 Å². The summed E-state index contributed by atoms with van der Waals surface area (Å²) in [4.78, 5) is 11.7. The van der Waals surface area contributed by atoms with Crippen molar-refractivity contribution >= 4 is 27.5 Å². The first-order chi connectivity index (χ1) is 8.79. The molecule has 0 aliphatic carbocycles. The third-order valence-electron chi connectivity index (χ3n) is 2.21. The van der Waals surface area contributed by atoms with Crippen LogP contribution in [0.4, 0.5) is 0 Å². The molecule has 0 saturated heterocycles. The van der Waals surface area contributed by atoms with Crippen molar-refractivity contribution in [2.45, 2.75) is 6.42 Å². The highest BCUT2D eigenvalue weighted by Crippen LogP contribution is 2.21. The van der Waals surface area contributed by atoms with E-state index in [1.165, 1.54) is 18.2 Å². The van der Waals surface area contributed by atoms with Crippen LogP contribution in [0.1, 0.15) is 16.8 Å². The molecule has 0 atom stereocenters. The Morgan fingerprint density at radius 3 is 2.68 bits per heavy atom. The molecule has 0 aliphatic rings. The molecule has 0 unspecified atom stereocenters. The minimum atomic E-state index is -3.21. The van der Waals surface area contributed by atoms with Crippen molar-refractivity contribution in [1.82, 2.24) is 10.0 Å². The number of rotatable bonds is 6. The fourth-order valence-corrected chi connectivity index (χ4v) is 2.02. The molecule has 1 aromatic carbocycles. The molecule has 0 fully saturated rings. The van der Waals surface area contributed by atoms with Crippen LogP contribution in [-0.4, -0.2) is 38.8 Å². The van der Waals surface area contributed by atoms with Crippen molar-refractivity contribution in [3.8, 4) is 5.75 Å². The molecule has 0 saturated carbocycles. The molecular formula is C11H15ClN2O4S. The summed E-state index contributed by atoms with van der Waals surface area (Å²) in [5.74, 6) is -0.615. The van der Waals surface area contributed by atoms with E-state index in [0.29, 0.717) is 11.4 Å². The van der Waals surface area contributed by atoms with E-state index in [2.05, 4.69) is 10.0 Å². The molecule has 1 aromatic rings. The lowest BCUT2D eigenvalue weighted by molar-refractivity contribution is 0.0951. The van der Waals surface area contributed by atoms with Crippen LogP contribution in [-0.2, 0) is 10.0 Å². The van der Waals surface area contributed by atoms with Crippen molar-refractivity contribution in [3.05, 3.63) is 28.8 Å². The maximum atomic E-state index is 11.7. The monoisotopic (exact) mass is 306 g/mol. The maximum Gasteiger partial charge on any atom is 0.255 e. The van der Waals surface area contributed by atoms with Crippen molar-refractivity contribution < 1.29 is 18.3 Å². The Labute approximate surface area is 116 Å². The third kappa shape index (κ3) is 5.91. The molecule has 3 N–H and O–H groups in total. The molecule has 0 aromatic heterocycles. The van der Waals surface area contributed by atoms with Crippen LogP contribution in [0.25, 0.3) is 0 Å². The topological polar surface area (TPSA) is 95.5 Å². The van der Waals surface area contributed by atoms with Gasteiger partial charge in [0.15, 0.2) is 0 Å². The highest BCUT2D eigenvalue weighted by molar-refractivity contribution is 7.88. The predicted octanol–water partition coefficient (Wildman–Crippen LogP) is 0.715. The van der Waals surface area contributed by atoms with Gasteiger partial charge in [-0.25, -0.2) is 13.1 Å². The number of phenols is 1. The molecule has 1 amide bonds. The Morgan fingerprint density at radius 2 is 2.05 bits per heavy atom. The van der Waals surface area contributed by atoms with Crippen LogP contribution in [0.2, 0.25) is 5.02 Å². The number of carbonyl (C=O) groups excluding carboxylic acids is 1. The summed E-state index contributed by atoms with van der Waals surface area (Å²) in [6, 6.07) is 4.17. The van der Waals surface area contributed by atoms with Crippen molar-refractivity contribution in [1.29, 1.82) is 0 Å². The van der Waals surface area contributed by atoms with Gasteiger partial charge in [-0.15, -0.1) is 0 Å². The molecular weight excluding hydrogens is 292 g/mol. The van der Waals surface area contributed by atoms with Gasteiger partial charge >= 0.3 is 0 Å². The lowest BCUT2D eigenvalue weighted by atomic mass is 10.2. The molecule has 106 valence electrons. The Bertz CT molecular complexity index is 560. The minimum Gasteiger partial charge on any atom is -0.507 e. The average molecular weight is 307 g/mol. The van der Waals surface area contributed by atoms with Crippen molar-refractivity contribution in [3.63, 3.8) is 0 Å². The summed E-state index contributed by atoms with van der Waals surface area (Å²) in [5, 5.41) is 12.4. The van der Waals surface area contributed by atoms with E-state index in [1.807, 2.05) is 0 Å². The second-order valence-electron chi connectivity index (χ2n) is 3.94. The lowest BCUT2D eigenvalue weighted by Gasteiger charge is -2.07. The summed E-state index contributed by atoms with van der Waals surface area (Å²) < 4.78 is 23.9. The van der Waals surface area contributed by atoms with E-state index in [4.69, 9.17) is 11.6 Å².